The maximum absolute atomic E-state index is 9.76. The van der Waals surface area contributed by atoms with Crippen molar-refractivity contribution in [3.63, 3.8) is 0 Å². The Morgan fingerprint density at radius 2 is 1.68 bits per heavy atom. The van der Waals surface area contributed by atoms with Gasteiger partial charge in [0.15, 0.2) is 0 Å². The summed E-state index contributed by atoms with van der Waals surface area (Å²) in [6.45, 7) is -0.499. The fourth-order valence-corrected chi connectivity index (χ4v) is 2.25. The molecule has 0 aliphatic carbocycles. The number of aryl methyl sites for hydroxylation is 1. The van der Waals surface area contributed by atoms with Crippen LogP contribution in [0.25, 0.3) is 11.1 Å². The molecule has 0 saturated heterocycles. The fourth-order valence-electron chi connectivity index (χ4n) is 2.25. The summed E-state index contributed by atoms with van der Waals surface area (Å²) in [4.78, 5) is 8.18. The van der Waals surface area contributed by atoms with Crippen LogP contribution in [0.1, 0.15) is 12.1 Å². The molecular formula is C15H20N4O3. The van der Waals surface area contributed by atoms with Crippen molar-refractivity contribution < 1.29 is 15.3 Å². The Morgan fingerprint density at radius 1 is 1.00 bits per heavy atom. The number of nitrogen functional groups attached to an aromatic ring is 2. The summed E-state index contributed by atoms with van der Waals surface area (Å²) in [5.41, 5.74) is 13.7. The van der Waals surface area contributed by atoms with E-state index in [9.17, 15) is 10.2 Å². The zero-order valence-electron chi connectivity index (χ0n) is 12.1. The van der Waals surface area contributed by atoms with Gasteiger partial charge >= 0.3 is 0 Å². The monoisotopic (exact) mass is 304 g/mol. The predicted octanol–water partition coefficient (Wildman–Crippen LogP) is -0.0453. The molecule has 1 heterocycles. The van der Waals surface area contributed by atoms with Crippen molar-refractivity contribution in [2.45, 2.75) is 25.0 Å². The van der Waals surface area contributed by atoms with Crippen LogP contribution in [0.4, 0.5) is 11.8 Å². The average Bonchev–Trinajstić information content (AvgIpc) is 2.52. The van der Waals surface area contributed by atoms with Gasteiger partial charge in [-0.15, -0.1) is 0 Å². The smallest absolute Gasteiger partial charge is 0.222 e. The number of nitrogens with zero attached hydrogens (tertiary/aromatic N) is 2. The van der Waals surface area contributed by atoms with E-state index >= 15 is 0 Å². The highest BCUT2D eigenvalue weighted by atomic mass is 16.4. The predicted molar refractivity (Wildman–Crippen MR) is 83.7 cm³/mol. The Bertz CT molecular complexity index is 622. The van der Waals surface area contributed by atoms with Crippen molar-refractivity contribution in [3.05, 3.63) is 36.0 Å². The van der Waals surface area contributed by atoms with Crippen molar-refractivity contribution in [2.24, 2.45) is 0 Å². The fraction of sp³-hybridized carbons (Fsp3) is 0.333. The lowest BCUT2D eigenvalue weighted by Gasteiger charge is -2.17. The topological polar surface area (TPSA) is 139 Å². The molecule has 2 aromatic rings. The van der Waals surface area contributed by atoms with Gasteiger partial charge in [0, 0.05) is 5.56 Å². The molecule has 7 N–H and O–H groups in total. The summed E-state index contributed by atoms with van der Waals surface area (Å²) < 4.78 is 0. The van der Waals surface area contributed by atoms with Crippen LogP contribution in [-0.4, -0.2) is 44.1 Å². The van der Waals surface area contributed by atoms with Gasteiger partial charge in [-0.2, -0.15) is 4.98 Å². The molecule has 0 fully saturated rings. The van der Waals surface area contributed by atoms with Gasteiger partial charge in [-0.05, 0) is 18.4 Å². The van der Waals surface area contributed by atoms with Crippen molar-refractivity contribution >= 4 is 11.8 Å². The second-order valence-corrected chi connectivity index (χ2v) is 5.01. The molecule has 0 aliphatic heterocycles. The minimum absolute atomic E-state index is 0.0596. The normalized spacial score (nSPS) is 13.8. The minimum atomic E-state index is -1.18. The van der Waals surface area contributed by atoms with Crippen molar-refractivity contribution in [3.8, 4) is 11.1 Å². The molecule has 22 heavy (non-hydrogen) atoms. The number of aliphatic hydroxyl groups excluding tert-OH is 3. The van der Waals surface area contributed by atoms with Crippen LogP contribution in [0.5, 0.6) is 0 Å². The average molecular weight is 304 g/mol. The lowest BCUT2D eigenvalue weighted by molar-refractivity contribution is -0.0173. The minimum Gasteiger partial charge on any atom is -0.394 e. The van der Waals surface area contributed by atoms with Crippen LogP contribution in [0, 0.1) is 0 Å². The highest BCUT2D eigenvalue weighted by Crippen LogP contribution is 2.29. The SMILES string of the molecule is Nc1nc(N)c(-c2ccccc2)c(CCC(O)C(O)CO)n1. The summed E-state index contributed by atoms with van der Waals surface area (Å²) in [6.07, 6.45) is -1.67. The third-order valence-electron chi connectivity index (χ3n) is 3.40. The Kier molecular flexibility index (Phi) is 5.26. The van der Waals surface area contributed by atoms with E-state index in [1.165, 1.54) is 0 Å². The van der Waals surface area contributed by atoms with E-state index in [4.69, 9.17) is 16.6 Å². The lowest BCUT2D eigenvalue weighted by Crippen LogP contribution is -2.29. The highest BCUT2D eigenvalue weighted by Gasteiger charge is 2.18. The zero-order chi connectivity index (χ0) is 16.1. The molecule has 2 rings (SSSR count). The van der Waals surface area contributed by atoms with E-state index in [0.29, 0.717) is 17.7 Å². The standard InChI is InChI=1S/C15H20N4O3/c16-14-13(9-4-2-1-3-5-9)10(18-15(17)19-14)6-7-11(21)12(22)8-20/h1-5,11-12,20-22H,6-8H2,(H4,16,17,18,19). The van der Waals surface area contributed by atoms with Gasteiger partial charge in [0.2, 0.25) is 5.95 Å². The summed E-state index contributed by atoms with van der Waals surface area (Å²) in [7, 11) is 0. The first-order valence-electron chi connectivity index (χ1n) is 6.97. The Balaban J connectivity index is 2.30. The van der Waals surface area contributed by atoms with Gasteiger partial charge in [-0.25, -0.2) is 4.98 Å². The third-order valence-corrected chi connectivity index (χ3v) is 3.40. The number of aromatic nitrogens is 2. The molecule has 1 aromatic carbocycles. The second-order valence-electron chi connectivity index (χ2n) is 5.01. The maximum Gasteiger partial charge on any atom is 0.222 e. The third kappa shape index (κ3) is 3.70. The van der Waals surface area contributed by atoms with Crippen LogP contribution in [0.15, 0.2) is 30.3 Å². The summed E-state index contributed by atoms with van der Waals surface area (Å²) in [5, 5.41) is 28.0. The number of benzene rings is 1. The number of aliphatic hydroxyl groups is 3. The Morgan fingerprint density at radius 3 is 2.32 bits per heavy atom. The van der Waals surface area contributed by atoms with E-state index in [1.807, 2.05) is 30.3 Å². The molecule has 7 nitrogen and oxygen atoms in total. The van der Waals surface area contributed by atoms with Gasteiger partial charge in [0.1, 0.15) is 11.9 Å². The first-order valence-corrected chi connectivity index (χ1v) is 6.97. The molecule has 1 aromatic heterocycles. The molecule has 118 valence electrons. The van der Waals surface area contributed by atoms with Crippen molar-refractivity contribution in [1.82, 2.24) is 9.97 Å². The van der Waals surface area contributed by atoms with E-state index in [2.05, 4.69) is 9.97 Å². The summed E-state index contributed by atoms with van der Waals surface area (Å²) in [5.74, 6) is 0.329. The van der Waals surface area contributed by atoms with Gasteiger partial charge in [-0.1, -0.05) is 30.3 Å². The molecule has 0 aliphatic rings. The van der Waals surface area contributed by atoms with Crippen LogP contribution in [-0.2, 0) is 6.42 Å². The number of hydrogen-bond donors (Lipinski definition) is 5. The molecule has 0 bridgehead atoms. The van der Waals surface area contributed by atoms with E-state index in [0.717, 1.165) is 5.56 Å². The first-order chi connectivity index (χ1) is 10.5. The highest BCUT2D eigenvalue weighted by molar-refractivity contribution is 5.76. The van der Waals surface area contributed by atoms with Gasteiger partial charge < -0.3 is 26.8 Å². The summed E-state index contributed by atoms with van der Waals surface area (Å²) >= 11 is 0. The number of hydrogen-bond acceptors (Lipinski definition) is 7. The molecular weight excluding hydrogens is 284 g/mol. The van der Waals surface area contributed by atoms with Crippen LogP contribution >= 0.6 is 0 Å². The van der Waals surface area contributed by atoms with Crippen LogP contribution in [0.2, 0.25) is 0 Å². The second kappa shape index (κ2) is 7.17. The van der Waals surface area contributed by atoms with Crippen LogP contribution < -0.4 is 11.5 Å². The van der Waals surface area contributed by atoms with Gasteiger partial charge in [-0.3, -0.25) is 0 Å². The molecule has 0 spiro atoms. The van der Waals surface area contributed by atoms with E-state index in [-0.39, 0.29) is 18.2 Å². The molecule has 2 unspecified atom stereocenters. The van der Waals surface area contributed by atoms with Crippen LogP contribution in [0.3, 0.4) is 0 Å². The Labute approximate surface area is 128 Å². The zero-order valence-corrected chi connectivity index (χ0v) is 12.1. The van der Waals surface area contributed by atoms with Crippen molar-refractivity contribution in [1.29, 1.82) is 0 Å². The van der Waals surface area contributed by atoms with Gasteiger partial charge in [0.25, 0.3) is 0 Å². The van der Waals surface area contributed by atoms with E-state index in [1.54, 1.807) is 0 Å². The first kappa shape index (κ1) is 16.2. The number of nitrogens with two attached hydrogens (primary N) is 2. The molecule has 0 saturated carbocycles. The van der Waals surface area contributed by atoms with E-state index < -0.39 is 18.8 Å². The summed E-state index contributed by atoms with van der Waals surface area (Å²) in [6, 6.07) is 9.40. The molecule has 0 amide bonds. The molecule has 7 heteroatoms. The largest absolute Gasteiger partial charge is 0.394 e. The molecule has 2 atom stereocenters. The Hall–Kier alpha value is -2.22. The number of anilines is 2. The van der Waals surface area contributed by atoms with Crippen molar-refractivity contribution in [2.75, 3.05) is 18.1 Å². The molecule has 0 radical (unpaired) electrons. The van der Waals surface area contributed by atoms with Gasteiger partial charge in [0.05, 0.1) is 18.4 Å². The maximum atomic E-state index is 9.76. The quantitative estimate of drug-likeness (QED) is 0.504. The lowest BCUT2D eigenvalue weighted by atomic mass is 9.99. The number of rotatable bonds is 6.